The number of aromatic nitrogens is 2. The highest BCUT2D eigenvalue weighted by molar-refractivity contribution is 5.92. The van der Waals surface area contributed by atoms with Gasteiger partial charge in [0.2, 0.25) is 0 Å². The fourth-order valence-corrected chi connectivity index (χ4v) is 5.69. The summed E-state index contributed by atoms with van der Waals surface area (Å²) in [6.07, 6.45) is 6.21. The molecule has 3 aliphatic heterocycles. The van der Waals surface area contributed by atoms with Gasteiger partial charge in [-0.05, 0) is 67.2 Å². The molecule has 7 rings (SSSR count). The maximum atomic E-state index is 13.0. The van der Waals surface area contributed by atoms with Crippen molar-refractivity contribution in [2.24, 2.45) is 5.92 Å². The first-order valence-corrected chi connectivity index (χ1v) is 13.3. The van der Waals surface area contributed by atoms with Crippen molar-refractivity contribution in [2.45, 2.75) is 25.5 Å². The molecule has 0 spiro atoms. The Balaban J connectivity index is 1.22. The number of H-pyrrole nitrogens is 1. The molecule has 8 nitrogen and oxygen atoms in total. The fraction of sp³-hybridized carbons (Fsp3) is 0.258. The molecule has 0 unspecified atom stereocenters. The summed E-state index contributed by atoms with van der Waals surface area (Å²) in [6, 6.07) is 20.9. The second-order valence-corrected chi connectivity index (χ2v) is 10.2. The van der Waals surface area contributed by atoms with Crippen LogP contribution in [0.1, 0.15) is 28.8 Å². The Kier molecular flexibility index (Phi) is 6.85. The molecule has 0 saturated carbocycles. The van der Waals surface area contributed by atoms with Crippen LogP contribution >= 0.6 is 0 Å². The van der Waals surface area contributed by atoms with Crippen LogP contribution in [0.25, 0.3) is 28.2 Å². The van der Waals surface area contributed by atoms with Gasteiger partial charge >= 0.3 is 11.8 Å². The number of aromatic amines is 1. The number of anilines is 1. The van der Waals surface area contributed by atoms with E-state index in [-0.39, 0.29) is 11.8 Å². The van der Waals surface area contributed by atoms with E-state index in [2.05, 4.69) is 15.2 Å². The van der Waals surface area contributed by atoms with Crippen molar-refractivity contribution in [3.8, 4) is 11.1 Å². The Morgan fingerprint density at radius 1 is 1.03 bits per heavy atom. The highest BCUT2D eigenvalue weighted by Gasteiger charge is 2.36. The Labute approximate surface area is 225 Å². The van der Waals surface area contributed by atoms with Gasteiger partial charge in [0.05, 0.1) is 16.7 Å². The first-order chi connectivity index (χ1) is 19.1. The molecule has 3 aliphatic rings. The zero-order valence-corrected chi connectivity index (χ0v) is 21.5. The summed E-state index contributed by atoms with van der Waals surface area (Å²) in [5.41, 5.74) is 5.06. The monoisotopic (exact) mass is 522 g/mol. The number of ether oxygens (including phenoxy) is 1. The van der Waals surface area contributed by atoms with Gasteiger partial charge in [-0.2, -0.15) is 0 Å². The average Bonchev–Trinajstić information content (AvgIpc) is 3.28. The Hall–Kier alpha value is -4.43. The predicted molar refractivity (Wildman–Crippen MR) is 152 cm³/mol. The van der Waals surface area contributed by atoms with Gasteiger partial charge in [-0.1, -0.05) is 54.6 Å². The first-order valence-electron chi connectivity index (χ1n) is 13.3. The van der Waals surface area contributed by atoms with Gasteiger partial charge in [0.1, 0.15) is 12.4 Å². The van der Waals surface area contributed by atoms with Gasteiger partial charge in [-0.3, -0.25) is 19.6 Å². The average molecular weight is 523 g/mol. The minimum Gasteiger partial charge on any atom is -0.444 e. The molecule has 0 radical (unpaired) electrons. The number of aldehydes is 1. The molecule has 3 fully saturated rings. The molecule has 1 amide bonds. The van der Waals surface area contributed by atoms with Crippen molar-refractivity contribution in [2.75, 3.05) is 25.0 Å². The zero-order chi connectivity index (χ0) is 26.8. The lowest BCUT2D eigenvalue weighted by Crippen LogP contribution is -2.52. The van der Waals surface area contributed by atoms with Gasteiger partial charge in [0.15, 0.2) is 0 Å². The minimum atomic E-state index is -0.438. The van der Waals surface area contributed by atoms with Crippen LogP contribution in [-0.2, 0) is 11.3 Å². The summed E-state index contributed by atoms with van der Waals surface area (Å²) in [4.78, 5) is 41.7. The molecule has 0 aliphatic carbocycles. The first kappa shape index (κ1) is 24.9. The van der Waals surface area contributed by atoms with Gasteiger partial charge < -0.3 is 9.72 Å². The number of allylic oxidation sites excluding steroid dienone is 1. The molecule has 8 heteroatoms. The summed E-state index contributed by atoms with van der Waals surface area (Å²) in [5.74, 6) is 0.432. The van der Waals surface area contributed by atoms with Crippen molar-refractivity contribution in [3.63, 3.8) is 0 Å². The number of piperidine rings is 3. The molecule has 3 aromatic carbocycles. The number of amides is 1. The number of fused-ring (bicyclic) bond motifs is 4. The van der Waals surface area contributed by atoms with Crippen LogP contribution in [0.15, 0.2) is 77.6 Å². The van der Waals surface area contributed by atoms with Crippen molar-refractivity contribution >= 4 is 35.2 Å². The van der Waals surface area contributed by atoms with Gasteiger partial charge in [0.25, 0.3) is 0 Å². The van der Waals surface area contributed by atoms with E-state index in [9.17, 15) is 14.4 Å². The molecule has 2 bridgehead atoms. The molecule has 3 saturated heterocycles. The van der Waals surface area contributed by atoms with Gasteiger partial charge in [0, 0.05) is 24.2 Å². The number of rotatable bonds is 7. The second kappa shape index (κ2) is 10.7. The van der Waals surface area contributed by atoms with Crippen LogP contribution in [0.2, 0.25) is 0 Å². The summed E-state index contributed by atoms with van der Waals surface area (Å²) in [6.45, 7) is 3.33. The van der Waals surface area contributed by atoms with Gasteiger partial charge in [-0.15, -0.1) is 0 Å². The van der Waals surface area contributed by atoms with E-state index in [0.717, 1.165) is 61.0 Å². The number of carbonyl (C=O) groups excluding carboxylic acids is 2. The third-order valence-corrected chi connectivity index (χ3v) is 7.75. The van der Waals surface area contributed by atoms with Crippen LogP contribution in [0.3, 0.4) is 0 Å². The van der Waals surface area contributed by atoms with E-state index in [1.807, 2.05) is 60.7 Å². The highest BCUT2D eigenvalue weighted by atomic mass is 16.6. The Morgan fingerprint density at radius 3 is 2.56 bits per heavy atom. The lowest BCUT2D eigenvalue weighted by molar-refractivity contribution is -0.0289. The fourth-order valence-electron chi connectivity index (χ4n) is 5.69. The second-order valence-electron chi connectivity index (χ2n) is 10.2. The van der Waals surface area contributed by atoms with Crippen LogP contribution < -0.4 is 11.0 Å². The zero-order valence-electron chi connectivity index (χ0n) is 21.5. The van der Waals surface area contributed by atoms with Gasteiger partial charge in [-0.25, -0.2) is 9.59 Å². The molecule has 198 valence electrons. The number of benzene rings is 3. The smallest absolute Gasteiger partial charge is 0.411 e. The molecular formula is C31H30N4O4. The Morgan fingerprint density at radius 2 is 1.82 bits per heavy atom. The summed E-state index contributed by atoms with van der Waals surface area (Å²) in [7, 11) is 0. The van der Waals surface area contributed by atoms with Crippen molar-refractivity contribution < 1.29 is 14.3 Å². The molecule has 4 aromatic rings. The maximum absolute atomic E-state index is 13.0. The van der Waals surface area contributed by atoms with Crippen LogP contribution in [0, 0.1) is 5.92 Å². The van der Waals surface area contributed by atoms with E-state index in [1.54, 1.807) is 22.8 Å². The largest absolute Gasteiger partial charge is 0.444 e. The third-order valence-electron chi connectivity index (χ3n) is 7.75. The highest BCUT2D eigenvalue weighted by Crippen LogP contribution is 2.32. The molecule has 1 atom stereocenters. The van der Waals surface area contributed by atoms with Crippen LogP contribution in [0.4, 0.5) is 10.5 Å². The molecule has 4 heterocycles. The molecule has 2 N–H and O–H groups in total. The van der Waals surface area contributed by atoms with Crippen molar-refractivity contribution in [3.05, 3.63) is 94.4 Å². The number of nitrogens with zero attached hydrogens (tertiary/aromatic N) is 2. The molecular weight excluding hydrogens is 492 g/mol. The van der Waals surface area contributed by atoms with Crippen LogP contribution in [0.5, 0.6) is 0 Å². The number of imidazole rings is 1. The Bertz CT molecular complexity index is 1600. The van der Waals surface area contributed by atoms with Crippen molar-refractivity contribution in [1.82, 2.24) is 14.5 Å². The number of hydrogen-bond acceptors (Lipinski definition) is 5. The molecule has 39 heavy (non-hydrogen) atoms. The minimum absolute atomic E-state index is 0.0761. The predicted octanol–water partition coefficient (Wildman–Crippen LogP) is 5.17. The summed E-state index contributed by atoms with van der Waals surface area (Å²) < 4.78 is 7.50. The third kappa shape index (κ3) is 5.28. The van der Waals surface area contributed by atoms with E-state index >= 15 is 0 Å². The summed E-state index contributed by atoms with van der Waals surface area (Å²) in [5, 5.41) is 3.00. The normalized spacial score (nSPS) is 20.4. The van der Waals surface area contributed by atoms with E-state index in [4.69, 9.17) is 4.74 Å². The van der Waals surface area contributed by atoms with Crippen molar-refractivity contribution in [1.29, 1.82) is 0 Å². The number of carbonyl (C=O) groups is 2. The van der Waals surface area contributed by atoms with E-state index in [0.29, 0.717) is 29.2 Å². The number of nitrogens with one attached hydrogen (secondary N) is 2. The standard InChI is InChI=1S/C31H30N4O4/c36-20-22-9-11-28-27(18-22)32-30(37)35(28)14-4-5-21-8-10-25(23-6-2-1-3-7-23)26(17-21)33-31(38)39-29-19-34-15-12-24(29)13-16-34/h1-11,17-18,20,24,29H,12-16,19H2,(H,32,37)(H,33,38)/b5-4+/t29-/m0/s1. The molecule has 1 aromatic heterocycles. The maximum Gasteiger partial charge on any atom is 0.411 e. The van der Waals surface area contributed by atoms with E-state index < -0.39 is 6.09 Å². The lowest BCUT2D eigenvalue weighted by Gasteiger charge is -2.43. The van der Waals surface area contributed by atoms with Crippen LogP contribution in [-0.4, -0.2) is 52.6 Å². The SMILES string of the molecule is O=Cc1ccc2c(c1)[nH]c(=O)n2C/C=C/c1ccc(-c2ccccc2)c(NC(=O)O[C@H]2CN3CCC2CC3)c1. The number of hydrogen-bond donors (Lipinski definition) is 2. The quantitative estimate of drug-likeness (QED) is 0.327. The lowest BCUT2D eigenvalue weighted by atomic mass is 9.86. The topological polar surface area (TPSA) is 96.4 Å². The summed E-state index contributed by atoms with van der Waals surface area (Å²) >= 11 is 0. The van der Waals surface area contributed by atoms with E-state index in [1.165, 1.54) is 0 Å².